The number of hydrogen-bond acceptors (Lipinski definition) is 2. The average Bonchev–Trinajstić information content (AvgIpc) is 2.70. The Morgan fingerprint density at radius 2 is 1.79 bits per heavy atom. The normalized spacial score (nSPS) is 16.7. The largest absolute Gasteiger partial charge is 0.383 e. The molecule has 2 heteroatoms. The standard InChI is InChI=1S/C17H20OS/c1-12-7-9-13(10-8-12)17(18)16-11-14-5-3-2-4-6-15(14)19-16/h7-11,17-18H,2-6H2,1H3. The number of thiophene rings is 1. The third-order valence-electron chi connectivity index (χ3n) is 3.93. The fourth-order valence-corrected chi connectivity index (χ4v) is 4.01. The van der Waals surface area contributed by atoms with Crippen molar-refractivity contribution in [1.82, 2.24) is 0 Å². The highest BCUT2D eigenvalue weighted by Crippen LogP contribution is 2.34. The van der Waals surface area contributed by atoms with Crippen LogP contribution in [0.5, 0.6) is 0 Å². The Morgan fingerprint density at radius 1 is 1.05 bits per heavy atom. The quantitative estimate of drug-likeness (QED) is 0.803. The molecule has 1 nitrogen and oxygen atoms in total. The number of aryl methyl sites for hydroxylation is 3. The second-order valence-corrected chi connectivity index (χ2v) is 6.64. The van der Waals surface area contributed by atoms with E-state index in [1.165, 1.54) is 48.1 Å². The zero-order valence-corrected chi connectivity index (χ0v) is 12.2. The lowest BCUT2D eigenvalue weighted by atomic mass is 10.0. The van der Waals surface area contributed by atoms with Crippen molar-refractivity contribution in [3.63, 3.8) is 0 Å². The van der Waals surface area contributed by atoms with Crippen molar-refractivity contribution in [2.75, 3.05) is 0 Å². The molecule has 1 unspecified atom stereocenters. The first-order chi connectivity index (χ1) is 9.24. The van der Waals surface area contributed by atoms with E-state index >= 15 is 0 Å². The first-order valence-corrected chi connectivity index (χ1v) is 7.92. The zero-order valence-electron chi connectivity index (χ0n) is 11.4. The third-order valence-corrected chi connectivity index (χ3v) is 5.22. The summed E-state index contributed by atoms with van der Waals surface area (Å²) in [6.07, 6.45) is 5.86. The molecule has 2 aromatic rings. The fraction of sp³-hybridized carbons (Fsp3) is 0.412. The number of rotatable bonds is 2. The van der Waals surface area contributed by atoms with Crippen LogP contribution in [0.4, 0.5) is 0 Å². The summed E-state index contributed by atoms with van der Waals surface area (Å²) in [6, 6.07) is 10.4. The van der Waals surface area contributed by atoms with Crippen LogP contribution in [0.25, 0.3) is 0 Å². The minimum atomic E-state index is -0.461. The van der Waals surface area contributed by atoms with Crippen molar-refractivity contribution in [3.8, 4) is 0 Å². The Labute approximate surface area is 118 Å². The Bertz CT molecular complexity index is 530. The summed E-state index contributed by atoms with van der Waals surface area (Å²) in [5, 5.41) is 10.5. The molecule has 0 fully saturated rings. The van der Waals surface area contributed by atoms with Gasteiger partial charge in [-0.2, -0.15) is 0 Å². The van der Waals surface area contributed by atoms with Crippen LogP contribution < -0.4 is 0 Å². The molecule has 100 valence electrons. The fourth-order valence-electron chi connectivity index (χ4n) is 2.74. The van der Waals surface area contributed by atoms with Crippen molar-refractivity contribution >= 4 is 11.3 Å². The summed E-state index contributed by atoms with van der Waals surface area (Å²) in [5.41, 5.74) is 3.71. The van der Waals surface area contributed by atoms with Crippen LogP contribution in [0.1, 0.15) is 51.8 Å². The highest BCUT2D eigenvalue weighted by molar-refractivity contribution is 7.12. The molecule has 1 aliphatic carbocycles. The predicted molar refractivity (Wildman–Crippen MR) is 80.8 cm³/mol. The van der Waals surface area contributed by atoms with Crippen molar-refractivity contribution in [3.05, 3.63) is 56.8 Å². The number of aliphatic hydroxyl groups excluding tert-OH is 1. The summed E-state index contributed by atoms with van der Waals surface area (Å²) in [4.78, 5) is 2.61. The molecule has 1 atom stereocenters. The van der Waals surface area contributed by atoms with E-state index in [4.69, 9.17) is 0 Å². The van der Waals surface area contributed by atoms with Crippen LogP contribution in [-0.2, 0) is 12.8 Å². The van der Waals surface area contributed by atoms with Crippen LogP contribution in [0.3, 0.4) is 0 Å². The summed E-state index contributed by atoms with van der Waals surface area (Å²) < 4.78 is 0. The molecule has 1 heterocycles. The Balaban J connectivity index is 1.87. The molecule has 1 aliphatic rings. The van der Waals surface area contributed by atoms with Crippen LogP contribution in [0, 0.1) is 6.92 Å². The Morgan fingerprint density at radius 3 is 2.58 bits per heavy atom. The SMILES string of the molecule is Cc1ccc(C(O)c2cc3c(s2)CCCCC3)cc1. The minimum Gasteiger partial charge on any atom is -0.383 e. The van der Waals surface area contributed by atoms with Gasteiger partial charge in [0.1, 0.15) is 6.10 Å². The summed E-state index contributed by atoms with van der Waals surface area (Å²) >= 11 is 1.81. The monoisotopic (exact) mass is 272 g/mol. The average molecular weight is 272 g/mol. The van der Waals surface area contributed by atoms with E-state index in [1.807, 2.05) is 12.1 Å². The van der Waals surface area contributed by atoms with Gasteiger partial charge < -0.3 is 5.11 Å². The second kappa shape index (κ2) is 5.48. The van der Waals surface area contributed by atoms with Gasteiger partial charge in [0, 0.05) is 9.75 Å². The smallest absolute Gasteiger partial charge is 0.113 e. The van der Waals surface area contributed by atoms with Gasteiger partial charge in [-0.1, -0.05) is 36.2 Å². The first kappa shape index (κ1) is 12.9. The van der Waals surface area contributed by atoms with Crippen molar-refractivity contribution < 1.29 is 5.11 Å². The van der Waals surface area contributed by atoms with E-state index in [9.17, 15) is 5.11 Å². The Kier molecular flexibility index (Phi) is 3.72. The van der Waals surface area contributed by atoms with Gasteiger partial charge in [0.15, 0.2) is 0 Å². The van der Waals surface area contributed by atoms with E-state index in [1.54, 1.807) is 11.3 Å². The maximum atomic E-state index is 10.5. The molecule has 1 aromatic heterocycles. The van der Waals surface area contributed by atoms with Crippen molar-refractivity contribution in [2.24, 2.45) is 0 Å². The molecule has 3 rings (SSSR count). The van der Waals surface area contributed by atoms with E-state index in [0.29, 0.717) is 0 Å². The van der Waals surface area contributed by atoms with Gasteiger partial charge >= 0.3 is 0 Å². The molecule has 0 amide bonds. The van der Waals surface area contributed by atoms with Gasteiger partial charge in [0.05, 0.1) is 0 Å². The molecule has 0 aliphatic heterocycles. The first-order valence-electron chi connectivity index (χ1n) is 7.10. The maximum absolute atomic E-state index is 10.5. The molecule has 19 heavy (non-hydrogen) atoms. The highest BCUT2D eigenvalue weighted by Gasteiger charge is 2.17. The minimum absolute atomic E-state index is 0.461. The molecule has 1 N–H and O–H groups in total. The predicted octanol–water partition coefficient (Wildman–Crippen LogP) is 4.41. The van der Waals surface area contributed by atoms with Gasteiger partial charge in [-0.3, -0.25) is 0 Å². The summed E-state index contributed by atoms with van der Waals surface area (Å²) in [7, 11) is 0. The maximum Gasteiger partial charge on any atom is 0.113 e. The molecule has 0 bridgehead atoms. The van der Waals surface area contributed by atoms with Gasteiger partial charge in [0.2, 0.25) is 0 Å². The van der Waals surface area contributed by atoms with E-state index in [2.05, 4.69) is 25.1 Å². The Hall–Kier alpha value is -1.12. The van der Waals surface area contributed by atoms with Crippen molar-refractivity contribution in [2.45, 2.75) is 45.1 Å². The van der Waals surface area contributed by atoms with E-state index in [-0.39, 0.29) is 0 Å². The molecular formula is C17H20OS. The molecule has 0 saturated carbocycles. The van der Waals surface area contributed by atoms with Gasteiger partial charge in [-0.15, -0.1) is 11.3 Å². The number of aliphatic hydroxyl groups is 1. The van der Waals surface area contributed by atoms with Gasteiger partial charge in [-0.05, 0) is 49.8 Å². The lowest BCUT2D eigenvalue weighted by Crippen LogP contribution is -1.96. The van der Waals surface area contributed by atoms with E-state index in [0.717, 1.165) is 10.4 Å². The second-order valence-electron chi connectivity index (χ2n) is 5.47. The topological polar surface area (TPSA) is 20.2 Å². The van der Waals surface area contributed by atoms with Crippen molar-refractivity contribution in [1.29, 1.82) is 0 Å². The summed E-state index contributed by atoms with van der Waals surface area (Å²) in [6.45, 7) is 2.07. The summed E-state index contributed by atoms with van der Waals surface area (Å²) in [5.74, 6) is 0. The van der Waals surface area contributed by atoms with Crippen LogP contribution in [-0.4, -0.2) is 5.11 Å². The highest BCUT2D eigenvalue weighted by atomic mass is 32.1. The number of fused-ring (bicyclic) bond motifs is 1. The van der Waals surface area contributed by atoms with Crippen LogP contribution in [0.2, 0.25) is 0 Å². The van der Waals surface area contributed by atoms with Crippen LogP contribution in [0.15, 0.2) is 30.3 Å². The third kappa shape index (κ3) is 2.75. The molecule has 0 saturated heterocycles. The molecular weight excluding hydrogens is 252 g/mol. The lowest BCUT2D eigenvalue weighted by molar-refractivity contribution is 0.224. The molecule has 0 radical (unpaired) electrons. The number of benzene rings is 1. The molecule has 1 aromatic carbocycles. The zero-order chi connectivity index (χ0) is 13.2. The van der Waals surface area contributed by atoms with E-state index < -0.39 is 6.10 Å². The molecule has 0 spiro atoms. The van der Waals surface area contributed by atoms with Gasteiger partial charge in [-0.25, -0.2) is 0 Å². The number of hydrogen-bond donors (Lipinski definition) is 1. The van der Waals surface area contributed by atoms with Crippen LogP contribution >= 0.6 is 11.3 Å². The van der Waals surface area contributed by atoms with Gasteiger partial charge in [0.25, 0.3) is 0 Å². The lowest BCUT2D eigenvalue weighted by Gasteiger charge is -2.09.